The molecular weight excluding hydrogens is 400 g/mol. The standard InChI is InChI=1S/C31H26N2/c1-2-7-22-21(6-1)12-13-27-23-10-5-11-24(28(23)15-14-26(22)27)29-16-17-31(33-19-18-32-20-33)30-9-4-3-8-25(29)30/h1-4,6-9,12-17,20,24H,5,10-11,18-19H2. The summed E-state index contributed by atoms with van der Waals surface area (Å²) in [6, 6.07) is 31.8. The molecule has 2 heteroatoms. The third-order valence-electron chi connectivity index (χ3n) is 7.68. The highest BCUT2D eigenvalue weighted by atomic mass is 15.2. The van der Waals surface area contributed by atoms with E-state index in [1.54, 1.807) is 5.56 Å². The van der Waals surface area contributed by atoms with Gasteiger partial charge in [0.15, 0.2) is 0 Å². The third kappa shape index (κ3) is 2.90. The predicted octanol–water partition coefficient (Wildman–Crippen LogP) is 7.46. The van der Waals surface area contributed by atoms with Gasteiger partial charge in [-0.1, -0.05) is 78.9 Å². The average molecular weight is 427 g/mol. The Bertz CT molecular complexity index is 1560. The van der Waals surface area contributed by atoms with Crippen LogP contribution in [0.4, 0.5) is 5.69 Å². The predicted molar refractivity (Wildman–Crippen MR) is 141 cm³/mol. The quantitative estimate of drug-likeness (QED) is 0.267. The molecule has 0 saturated heterocycles. The smallest absolute Gasteiger partial charge is 0.0895 e. The number of nitrogens with zero attached hydrogens (tertiary/aromatic N) is 2. The molecule has 0 bridgehead atoms. The first-order valence-electron chi connectivity index (χ1n) is 12.1. The fourth-order valence-electron chi connectivity index (χ4n) is 6.16. The Morgan fingerprint density at radius 3 is 2.33 bits per heavy atom. The van der Waals surface area contributed by atoms with Crippen molar-refractivity contribution in [3.05, 3.63) is 102 Å². The summed E-state index contributed by atoms with van der Waals surface area (Å²) in [6.45, 7) is 1.85. The van der Waals surface area contributed by atoms with Crippen molar-refractivity contribution in [3.8, 4) is 0 Å². The van der Waals surface area contributed by atoms with Gasteiger partial charge in [0.1, 0.15) is 0 Å². The molecule has 0 amide bonds. The van der Waals surface area contributed by atoms with Gasteiger partial charge in [-0.25, -0.2) is 0 Å². The van der Waals surface area contributed by atoms with Gasteiger partial charge in [-0.2, -0.15) is 0 Å². The molecule has 0 saturated carbocycles. The van der Waals surface area contributed by atoms with E-state index in [0.717, 1.165) is 13.1 Å². The summed E-state index contributed by atoms with van der Waals surface area (Å²) in [5, 5.41) is 8.23. The first-order valence-corrected chi connectivity index (χ1v) is 12.1. The van der Waals surface area contributed by atoms with Crippen LogP contribution >= 0.6 is 0 Å². The lowest BCUT2D eigenvalue weighted by Gasteiger charge is -2.29. The summed E-state index contributed by atoms with van der Waals surface area (Å²) in [6.07, 6.45) is 5.61. The second-order valence-electron chi connectivity index (χ2n) is 9.39. The molecule has 160 valence electrons. The maximum absolute atomic E-state index is 4.44. The Balaban J connectivity index is 1.42. The van der Waals surface area contributed by atoms with E-state index in [4.69, 9.17) is 0 Å². The molecule has 5 aromatic carbocycles. The fourth-order valence-corrected chi connectivity index (χ4v) is 6.16. The number of hydrogen-bond acceptors (Lipinski definition) is 2. The van der Waals surface area contributed by atoms with E-state index in [9.17, 15) is 0 Å². The second kappa shape index (κ2) is 7.45. The van der Waals surface area contributed by atoms with Crippen LogP contribution < -0.4 is 4.90 Å². The number of benzene rings is 5. The van der Waals surface area contributed by atoms with Crippen molar-refractivity contribution in [2.24, 2.45) is 4.99 Å². The number of rotatable bonds is 2. The molecule has 0 fully saturated rings. The number of aliphatic imine (C=N–C) groups is 1. The van der Waals surface area contributed by atoms with Gasteiger partial charge < -0.3 is 4.90 Å². The molecular formula is C31H26N2. The zero-order chi connectivity index (χ0) is 21.8. The lowest BCUT2D eigenvalue weighted by Crippen LogP contribution is -2.19. The number of anilines is 1. The molecule has 0 spiro atoms. The molecule has 5 aromatic rings. The van der Waals surface area contributed by atoms with Crippen LogP contribution in [0, 0.1) is 0 Å². The zero-order valence-electron chi connectivity index (χ0n) is 18.7. The zero-order valence-corrected chi connectivity index (χ0v) is 18.7. The summed E-state index contributed by atoms with van der Waals surface area (Å²) in [5.74, 6) is 0.441. The SMILES string of the molecule is C1=NCCN1c1ccc(C2CCCc3c2ccc2c3ccc3ccccc32)c2ccccc12. The van der Waals surface area contributed by atoms with Gasteiger partial charge in [-0.15, -0.1) is 0 Å². The van der Waals surface area contributed by atoms with E-state index >= 15 is 0 Å². The largest absolute Gasteiger partial charge is 0.330 e. The number of hydrogen-bond donors (Lipinski definition) is 0. The van der Waals surface area contributed by atoms with Gasteiger partial charge in [0.05, 0.1) is 12.9 Å². The first kappa shape index (κ1) is 18.9. The molecule has 7 rings (SSSR count). The van der Waals surface area contributed by atoms with Gasteiger partial charge in [0.2, 0.25) is 0 Å². The van der Waals surface area contributed by atoms with Gasteiger partial charge in [0, 0.05) is 23.5 Å². The van der Waals surface area contributed by atoms with Gasteiger partial charge in [-0.05, 0) is 69.0 Å². The van der Waals surface area contributed by atoms with Crippen LogP contribution in [0.5, 0.6) is 0 Å². The van der Waals surface area contributed by atoms with E-state index in [1.165, 1.54) is 68.4 Å². The van der Waals surface area contributed by atoms with Crippen LogP contribution in [0.2, 0.25) is 0 Å². The van der Waals surface area contributed by atoms with Crippen molar-refractivity contribution in [3.63, 3.8) is 0 Å². The molecule has 1 aliphatic heterocycles. The lowest BCUT2D eigenvalue weighted by atomic mass is 9.75. The minimum absolute atomic E-state index is 0.441. The second-order valence-corrected chi connectivity index (χ2v) is 9.39. The van der Waals surface area contributed by atoms with Gasteiger partial charge in [-0.3, -0.25) is 4.99 Å². The molecule has 1 aliphatic carbocycles. The van der Waals surface area contributed by atoms with Crippen molar-refractivity contribution in [2.75, 3.05) is 18.0 Å². The van der Waals surface area contributed by atoms with Crippen molar-refractivity contribution < 1.29 is 0 Å². The minimum atomic E-state index is 0.441. The number of fused-ring (bicyclic) bond motifs is 6. The van der Waals surface area contributed by atoms with Crippen LogP contribution in [0.15, 0.2) is 89.9 Å². The van der Waals surface area contributed by atoms with Crippen LogP contribution in [-0.4, -0.2) is 19.4 Å². The molecule has 0 aromatic heterocycles. The highest BCUT2D eigenvalue weighted by Gasteiger charge is 2.26. The third-order valence-corrected chi connectivity index (χ3v) is 7.68. The van der Waals surface area contributed by atoms with E-state index < -0.39 is 0 Å². The normalized spacial score (nSPS) is 17.8. The first-order chi connectivity index (χ1) is 16.4. The van der Waals surface area contributed by atoms with Gasteiger partial charge >= 0.3 is 0 Å². The van der Waals surface area contributed by atoms with E-state index in [1.807, 2.05) is 6.34 Å². The number of aryl methyl sites for hydroxylation is 1. The molecule has 0 radical (unpaired) electrons. The molecule has 1 heterocycles. The van der Waals surface area contributed by atoms with Crippen LogP contribution in [-0.2, 0) is 6.42 Å². The van der Waals surface area contributed by atoms with E-state index in [0.29, 0.717) is 5.92 Å². The summed E-state index contributed by atoms with van der Waals surface area (Å²) in [5.41, 5.74) is 5.81. The monoisotopic (exact) mass is 426 g/mol. The summed E-state index contributed by atoms with van der Waals surface area (Å²) >= 11 is 0. The summed E-state index contributed by atoms with van der Waals surface area (Å²) < 4.78 is 0. The van der Waals surface area contributed by atoms with Crippen LogP contribution in [0.25, 0.3) is 32.3 Å². The van der Waals surface area contributed by atoms with Gasteiger partial charge in [0.25, 0.3) is 0 Å². The molecule has 0 N–H and O–H groups in total. The average Bonchev–Trinajstić information content (AvgIpc) is 3.42. The molecule has 2 nitrogen and oxygen atoms in total. The molecule has 2 aliphatic rings. The van der Waals surface area contributed by atoms with Crippen molar-refractivity contribution in [1.82, 2.24) is 0 Å². The molecule has 1 unspecified atom stereocenters. The maximum atomic E-state index is 4.44. The highest BCUT2D eigenvalue weighted by Crippen LogP contribution is 2.44. The minimum Gasteiger partial charge on any atom is -0.330 e. The topological polar surface area (TPSA) is 15.6 Å². The molecule has 33 heavy (non-hydrogen) atoms. The summed E-state index contributed by atoms with van der Waals surface area (Å²) in [7, 11) is 0. The summed E-state index contributed by atoms with van der Waals surface area (Å²) in [4.78, 5) is 6.73. The Kier molecular flexibility index (Phi) is 4.26. The van der Waals surface area contributed by atoms with Crippen LogP contribution in [0.1, 0.15) is 35.4 Å². The Morgan fingerprint density at radius 1 is 0.667 bits per heavy atom. The van der Waals surface area contributed by atoms with Crippen molar-refractivity contribution >= 4 is 44.3 Å². The van der Waals surface area contributed by atoms with E-state index in [2.05, 4.69) is 94.8 Å². The van der Waals surface area contributed by atoms with Crippen molar-refractivity contribution in [1.29, 1.82) is 0 Å². The van der Waals surface area contributed by atoms with Crippen molar-refractivity contribution in [2.45, 2.75) is 25.2 Å². The van der Waals surface area contributed by atoms with Crippen LogP contribution in [0.3, 0.4) is 0 Å². The Hall–Kier alpha value is -3.65. The Labute approximate surface area is 194 Å². The fraction of sp³-hybridized carbons (Fsp3) is 0.194. The van der Waals surface area contributed by atoms with E-state index in [-0.39, 0.29) is 0 Å². The Morgan fingerprint density at radius 2 is 1.45 bits per heavy atom. The lowest BCUT2D eigenvalue weighted by molar-refractivity contribution is 0.622. The molecule has 1 atom stereocenters. The highest BCUT2D eigenvalue weighted by molar-refractivity contribution is 6.09. The maximum Gasteiger partial charge on any atom is 0.0895 e.